The Morgan fingerprint density at radius 2 is 2.56 bits per heavy atom. The predicted molar refractivity (Wildman–Crippen MR) is 31.3 cm³/mol. The van der Waals surface area contributed by atoms with Crippen LogP contribution in [0.1, 0.15) is 6.92 Å². The van der Waals surface area contributed by atoms with Gasteiger partial charge in [-0.25, -0.2) is 5.43 Å². The van der Waals surface area contributed by atoms with Gasteiger partial charge in [0.1, 0.15) is 0 Å². The fourth-order valence-corrected chi connectivity index (χ4v) is 0.823. The lowest BCUT2D eigenvalue weighted by Gasteiger charge is -2.06. The van der Waals surface area contributed by atoms with Gasteiger partial charge < -0.3 is 5.11 Å². The van der Waals surface area contributed by atoms with Crippen LogP contribution >= 0.6 is 0 Å². The van der Waals surface area contributed by atoms with Crippen molar-refractivity contribution in [3.05, 3.63) is 0 Å². The number of nitrogens with one attached hydrogen (secondary N) is 2. The number of hydrogen-bond acceptors (Lipinski definition) is 3. The Labute approximate surface area is 53.2 Å². The minimum Gasteiger partial charge on any atom is -0.393 e. The molecule has 4 nitrogen and oxygen atoms in total. The highest BCUT2D eigenvalue weighted by atomic mass is 16.3. The second-order valence-electron chi connectivity index (χ2n) is 2.22. The summed E-state index contributed by atoms with van der Waals surface area (Å²) in [5, 5.41) is 8.92. The van der Waals surface area contributed by atoms with Gasteiger partial charge in [0.2, 0.25) is 5.91 Å². The number of amides is 1. The van der Waals surface area contributed by atoms with Crippen molar-refractivity contribution in [2.75, 3.05) is 6.54 Å². The maximum absolute atomic E-state index is 10.7. The normalized spacial score (nSPS) is 30.0. The first-order chi connectivity index (χ1) is 4.22. The van der Waals surface area contributed by atoms with Crippen LogP contribution in [-0.2, 0) is 4.79 Å². The first-order valence-electron chi connectivity index (χ1n) is 2.92. The van der Waals surface area contributed by atoms with Crippen LogP contribution in [0.25, 0.3) is 0 Å². The molecule has 0 aromatic heterocycles. The van der Waals surface area contributed by atoms with Gasteiger partial charge in [0, 0.05) is 6.54 Å². The summed E-state index contributed by atoms with van der Waals surface area (Å²) in [5.41, 5.74) is 5.05. The average molecular weight is 130 g/mol. The summed E-state index contributed by atoms with van der Waals surface area (Å²) in [4.78, 5) is 10.7. The van der Waals surface area contributed by atoms with Crippen LogP contribution in [0.3, 0.4) is 0 Å². The molecule has 2 atom stereocenters. The Morgan fingerprint density at radius 3 is 2.78 bits per heavy atom. The first kappa shape index (κ1) is 6.51. The zero-order valence-electron chi connectivity index (χ0n) is 5.22. The maximum atomic E-state index is 10.7. The second-order valence-corrected chi connectivity index (χ2v) is 2.22. The van der Waals surface area contributed by atoms with Gasteiger partial charge >= 0.3 is 0 Å². The lowest BCUT2D eigenvalue weighted by molar-refractivity contribution is -0.125. The zero-order valence-corrected chi connectivity index (χ0v) is 5.22. The van der Waals surface area contributed by atoms with Gasteiger partial charge in [0.15, 0.2) is 0 Å². The third kappa shape index (κ3) is 1.20. The zero-order chi connectivity index (χ0) is 6.85. The summed E-state index contributed by atoms with van der Waals surface area (Å²) in [6.45, 7) is 2.13. The SMILES string of the molecule is C[C@@H](O)[C@@H]1CNNC1=O. The molecule has 9 heavy (non-hydrogen) atoms. The fraction of sp³-hybridized carbons (Fsp3) is 0.800. The Kier molecular flexibility index (Phi) is 1.68. The molecule has 1 aliphatic rings. The van der Waals surface area contributed by atoms with Crippen LogP contribution in [0.15, 0.2) is 0 Å². The number of hydrazine groups is 1. The molecular weight excluding hydrogens is 120 g/mol. The highest BCUT2D eigenvalue weighted by Crippen LogP contribution is 2.04. The minimum absolute atomic E-state index is 0.120. The molecule has 0 aromatic rings. The van der Waals surface area contributed by atoms with Crippen molar-refractivity contribution in [3.63, 3.8) is 0 Å². The summed E-state index contributed by atoms with van der Waals surface area (Å²) in [6.07, 6.45) is -0.556. The minimum atomic E-state index is -0.556. The lowest BCUT2D eigenvalue weighted by Crippen LogP contribution is -2.28. The number of hydrogen-bond donors (Lipinski definition) is 3. The van der Waals surface area contributed by atoms with E-state index in [-0.39, 0.29) is 11.8 Å². The van der Waals surface area contributed by atoms with E-state index in [2.05, 4.69) is 10.9 Å². The third-order valence-corrected chi connectivity index (χ3v) is 1.45. The van der Waals surface area contributed by atoms with Crippen LogP contribution in [0.2, 0.25) is 0 Å². The molecule has 1 heterocycles. The van der Waals surface area contributed by atoms with E-state index >= 15 is 0 Å². The Morgan fingerprint density at radius 1 is 1.89 bits per heavy atom. The van der Waals surface area contributed by atoms with Crippen molar-refractivity contribution in [2.45, 2.75) is 13.0 Å². The Balaban J connectivity index is 2.49. The topological polar surface area (TPSA) is 61.4 Å². The lowest BCUT2D eigenvalue weighted by atomic mass is 10.1. The van der Waals surface area contributed by atoms with Gasteiger partial charge in [-0.3, -0.25) is 10.2 Å². The van der Waals surface area contributed by atoms with Crippen molar-refractivity contribution >= 4 is 5.91 Å². The number of carbonyl (C=O) groups is 1. The van der Waals surface area contributed by atoms with Gasteiger partial charge in [-0.1, -0.05) is 0 Å². The summed E-state index contributed by atoms with van der Waals surface area (Å²) in [6, 6.07) is 0. The van der Waals surface area contributed by atoms with E-state index in [0.29, 0.717) is 6.54 Å². The number of carbonyl (C=O) groups excluding carboxylic acids is 1. The van der Waals surface area contributed by atoms with Gasteiger partial charge in [-0.05, 0) is 6.92 Å². The molecule has 1 amide bonds. The molecule has 1 fully saturated rings. The van der Waals surface area contributed by atoms with E-state index in [0.717, 1.165) is 0 Å². The van der Waals surface area contributed by atoms with Crippen LogP contribution < -0.4 is 10.9 Å². The van der Waals surface area contributed by atoms with E-state index in [1.165, 1.54) is 0 Å². The van der Waals surface area contributed by atoms with Crippen LogP contribution in [-0.4, -0.2) is 23.7 Å². The quantitative estimate of drug-likeness (QED) is 0.410. The maximum Gasteiger partial charge on any atom is 0.241 e. The van der Waals surface area contributed by atoms with Crippen molar-refractivity contribution < 1.29 is 9.90 Å². The van der Waals surface area contributed by atoms with Crippen LogP contribution in [0.5, 0.6) is 0 Å². The highest BCUT2D eigenvalue weighted by molar-refractivity contribution is 5.80. The molecule has 0 aromatic carbocycles. The molecule has 0 aliphatic carbocycles. The molecule has 3 N–H and O–H groups in total. The van der Waals surface area contributed by atoms with E-state index in [9.17, 15) is 4.79 Å². The monoisotopic (exact) mass is 130 g/mol. The molecule has 0 unspecified atom stereocenters. The summed E-state index contributed by atoms with van der Waals surface area (Å²) in [5.74, 6) is -0.394. The van der Waals surface area contributed by atoms with Gasteiger partial charge in [0.05, 0.1) is 12.0 Å². The van der Waals surface area contributed by atoms with E-state index in [1.54, 1.807) is 6.92 Å². The Hall–Kier alpha value is -0.610. The molecule has 1 rings (SSSR count). The van der Waals surface area contributed by atoms with E-state index < -0.39 is 6.10 Å². The fourth-order valence-electron chi connectivity index (χ4n) is 0.823. The molecule has 1 saturated heterocycles. The molecular formula is C5H10N2O2. The average Bonchev–Trinajstić information content (AvgIpc) is 2.13. The number of aliphatic hydroxyl groups is 1. The third-order valence-electron chi connectivity index (χ3n) is 1.45. The Bertz CT molecular complexity index is 124. The van der Waals surface area contributed by atoms with Crippen molar-refractivity contribution in [1.29, 1.82) is 0 Å². The van der Waals surface area contributed by atoms with E-state index in [1.807, 2.05) is 0 Å². The first-order valence-corrected chi connectivity index (χ1v) is 2.92. The predicted octanol–water partition coefficient (Wildman–Crippen LogP) is -1.38. The van der Waals surface area contributed by atoms with Crippen molar-refractivity contribution in [1.82, 2.24) is 10.9 Å². The summed E-state index contributed by atoms with van der Waals surface area (Å²) >= 11 is 0. The molecule has 0 spiro atoms. The smallest absolute Gasteiger partial charge is 0.241 e. The summed E-state index contributed by atoms with van der Waals surface area (Å²) < 4.78 is 0. The molecule has 0 saturated carbocycles. The molecule has 0 bridgehead atoms. The highest BCUT2D eigenvalue weighted by Gasteiger charge is 2.27. The van der Waals surface area contributed by atoms with Gasteiger partial charge in [-0.2, -0.15) is 0 Å². The molecule has 0 radical (unpaired) electrons. The van der Waals surface area contributed by atoms with Crippen LogP contribution in [0, 0.1) is 5.92 Å². The standard InChI is InChI=1S/C5H10N2O2/c1-3(8)4-2-6-7-5(4)9/h3-4,6,8H,2H2,1H3,(H,7,9)/t3-,4+/m1/s1. The second kappa shape index (κ2) is 2.33. The van der Waals surface area contributed by atoms with Gasteiger partial charge in [-0.15, -0.1) is 0 Å². The molecule has 1 aliphatic heterocycles. The number of rotatable bonds is 1. The number of aliphatic hydroxyl groups excluding tert-OH is 1. The summed E-state index contributed by atoms with van der Waals surface area (Å²) in [7, 11) is 0. The van der Waals surface area contributed by atoms with Gasteiger partial charge in [0.25, 0.3) is 0 Å². The van der Waals surface area contributed by atoms with E-state index in [4.69, 9.17) is 5.11 Å². The molecule has 52 valence electrons. The largest absolute Gasteiger partial charge is 0.393 e. The van der Waals surface area contributed by atoms with Crippen molar-refractivity contribution in [2.24, 2.45) is 5.92 Å². The van der Waals surface area contributed by atoms with Crippen molar-refractivity contribution in [3.8, 4) is 0 Å². The molecule has 4 heteroatoms. The van der Waals surface area contributed by atoms with Crippen LogP contribution in [0.4, 0.5) is 0 Å².